The quantitative estimate of drug-likeness (QED) is 0.858. The minimum Gasteiger partial charge on any atom is -0.378 e. The second kappa shape index (κ2) is 7.90. The molecule has 1 aromatic rings. The van der Waals surface area contributed by atoms with Crippen LogP contribution in [0.3, 0.4) is 0 Å². The number of morpholine rings is 1. The Morgan fingerprint density at radius 3 is 2.62 bits per heavy atom. The van der Waals surface area contributed by atoms with E-state index < -0.39 is 0 Å². The van der Waals surface area contributed by atoms with Crippen molar-refractivity contribution in [2.24, 2.45) is 5.92 Å². The minimum atomic E-state index is -0.0912. The van der Waals surface area contributed by atoms with E-state index in [9.17, 15) is 4.79 Å². The number of nitrogens with zero attached hydrogens (tertiary/aromatic N) is 4. The summed E-state index contributed by atoms with van der Waals surface area (Å²) in [6.45, 7) is 10.3. The van der Waals surface area contributed by atoms with Crippen molar-refractivity contribution in [3.8, 4) is 0 Å². The number of anilines is 1. The van der Waals surface area contributed by atoms with Crippen LogP contribution in [0.25, 0.3) is 0 Å². The second-order valence-corrected chi connectivity index (χ2v) is 6.82. The lowest BCUT2D eigenvalue weighted by Gasteiger charge is -2.26. The molecule has 7 nitrogen and oxygen atoms in total. The molecule has 2 fully saturated rings. The first kappa shape index (κ1) is 17.1. The fourth-order valence-corrected chi connectivity index (χ4v) is 3.20. The molecule has 1 unspecified atom stereocenters. The predicted octanol–water partition coefficient (Wildman–Crippen LogP) is 0.773. The van der Waals surface area contributed by atoms with Gasteiger partial charge in [-0.3, -0.25) is 4.79 Å². The average molecular weight is 333 g/mol. The maximum absolute atomic E-state index is 12.3. The van der Waals surface area contributed by atoms with Crippen molar-refractivity contribution >= 4 is 11.9 Å². The van der Waals surface area contributed by atoms with Crippen LogP contribution in [-0.4, -0.2) is 72.8 Å². The van der Waals surface area contributed by atoms with Crippen LogP contribution in [0.4, 0.5) is 5.95 Å². The fourth-order valence-electron chi connectivity index (χ4n) is 3.20. The minimum absolute atomic E-state index is 0.0912. The summed E-state index contributed by atoms with van der Waals surface area (Å²) < 4.78 is 5.32. The van der Waals surface area contributed by atoms with E-state index in [2.05, 4.69) is 38.9 Å². The standard InChI is InChI=1S/C17H27N5O2/c1-13(2)22-4-3-14(12-22)9-18-16(23)15-10-19-17(20-11-15)21-5-7-24-8-6-21/h10-11,13-14H,3-9,12H2,1-2H3,(H,18,23). The van der Waals surface area contributed by atoms with Crippen molar-refractivity contribution in [3.05, 3.63) is 18.0 Å². The summed E-state index contributed by atoms with van der Waals surface area (Å²) in [4.78, 5) is 25.5. The number of likely N-dealkylation sites (tertiary alicyclic amines) is 1. The molecule has 0 saturated carbocycles. The van der Waals surface area contributed by atoms with Crippen molar-refractivity contribution in [1.29, 1.82) is 0 Å². The number of nitrogens with one attached hydrogen (secondary N) is 1. The number of carbonyl (C=O) groups excluding carboxylic acids is 1. The highest BCUT2D eigenvalue weighted by atomic mass is 16.5. The third kappa shape index (κ3) is 4.21. The smallest absolute Gasteiger partial charge is 0.254 e. The molecule has 3 rings (SSSR count). The summed E-state index contributed by atoms with van der Waals surface area (Å²) in [5.41, 5.74) is 0.519. The lowest BCUT2D eigenvalue weighted by molar-refractivity contribution is 0.0946. The summed E-state index contributed by atoms with van der Waals surface area (Å²) in [7, 11) is 0. The van der Waals surface area contributed by atoms with Gasteiger partial charge in [-0.1, -0.05) is 0 Å². The predicted molar refractivity (Wildman–Crippen MR) is 92.2 cm³/mol. The lowest BCUT2D eigenvalue weighted by atomic mass is 10.1. The van der Waals surface area contributed by atoms with E-state index in [4.69, 9.17) is 4.74 Å². The highest BCUT2D eigenvalue weighted by molar-refractivity contribution is 5.93. The molecule has 1 N–H and O–H groups in total. The van der Waals surface area contributed by atoms with Crippen LogP contribution in [0.2, 0.25) is 0 Å². The number of rotatable bonds is 5. The van der Waals surface area contributed by atoms with Crippen LogP contribution in [0.5, 0.6) is 0 Å². The topological polar surface area (TPSA) is 70.6 Å². The first-order valence-electron chi connectivity index (χ1n) is 8.80. The fraction of sp³-hybridized carbons (Fsp3) is 0.706. The van der Waals surface area contributed by atoms with Crippen molar-refractivity contribution in [1.82, 2.24) is 20.2 Å². The highest BCUT2D eigenvalue weighted by Gasteiger charge is 2.24. The summed E-state index contributed by atoms with van der Waals surface area (Å²) in [6.07, 6.45) is 4.37. The molecule has 2 aliphatic heterocycles. The van der Waals surface area contributed by atoms with Gasteiger partial charge in [0.2, 0.25) is 5.95 Å². The number of ether oxygens (including phenoxy) is 1. The van der Waals surface area contributed by atoms with Crippen molar-refractivity contribution in [2.75, 3.05) is 50.8 Å². The molecule has 0 bridgehead atoms. The number of hydrogen-bond donors (Lipinski definition) is 1. The summed E-state index contributed by atoms with van der Waals surface area (Å²) >= 11 is 0. The Kier molecular flexibility index (Phi) is 5.63. The zero-order valence-corrected chi connectivity index (χ0v) is 14.6. The molecule has 0 aliphatic carbocycles. The number of amides is 1. The van der Waals surface area contributed by atoms with Crippen molar-refractivity contribution < 1.29 is 9.53 Å². The maximum atomic E-state index is 12.3. The largest absolute Gasteiger partial charge is 0.378 e. The van der Waals surface area contributed by atoms with Gasteiger partial charge in [-0.15, -0.1) is 0 Å². The Balaban J connectivity index is 1.48. The SMILES string of the molecule is CC(C)N1CCC(CNC(=O)c2cnc(N3CCOCC3)nc2)C1. The first-order chi connectivity index (χ1) is 11.6. The maximum Gasteiger partial charge on any atom is 0.254 e. The van der Waals surface area contributed by atoms with E-state index in [-0.39, 0.29) is 5.91 Å². The molecule has 132 valence electrons. The Morgan fingerprint density at radius 1 is 1.29 bits per heavy atom. The monoisotopic (exact) mass is 333 g/mol. The molecular formula is C17H27N5O2. The Bertz CT molecular complexity index is 542. The zero-order chi connectivity index (χ0) is 16.9. The molecule has 0 aromatic carbocycles. The molecule has 2 aliphatic rings. The molecular weight excluding hydrogens is 306 g/mol. The van der Waals surface area contributed by atoms with Crippen LogP contribution in [0, 0.1) is 5.92 Å². The first-order valence-corrected chi connectivity index (χ1v) is 8.80. The van der Waals surface area contributed by atoms with E-state index in [1.807, 2.05) is 0 Å². The number of carbonyl (C=O) groups is 1. The summed E-state index contributed by atoms with van der Waals surface area (Å²) in [5, 5.41) is 3.02. The number of hydrogen-bond acceptors (Lipinski definition) is 6. The van der Waals surface area contributed by atoms with Crippen LogP contribution in [0.1, 0.15) is 30.6 Å². The van der Waals surface area contributed by atoms with Gasteiger partial charge in [-0.05, 0) is 32.7 Å². The van der Waals surface area contributed by atoms with E-state index in [1.54, 1.807) is 12.4 Å². The number of aromatic nitrogens is 2. The molecule has 1 amide bonds. The van der Waals surface area contributed by atoms with E-state index >= 15 is 0 Å². The Labute approximate surface area is 143 Å². The van der Waals surface area contributed by atoms with Gasteiger partial charge in [0.1, 0.15) is 0 Å². The van der Waals surface area contributed by atoms with Gasteiger partial charge in [-0.2, -0.15) is 0 Å². The molecule has 3 heterocycles. The van der Waals surface area contributed by atoms with E-state index in [1.165, 1.54) is 0 Å². The molecule has 1 atom stereocenters. The molecule has 0 radical (unpaired) electrons. The normalized spacial score (nSPS) is 22.1. The average Bonchev–Trinajstić information content (AvgIpc) is 3.10. The lowest BCUT2D eigenvalue weighted by Crippen LogP contribution is -2.37. The Morgan fingerprint density at radius 2 is 2.00 bits per heavy atom. The Hall–Kier alpha value is -1.73. The van der Waals surface area contributed by atoms with Crippen LogP contribution < -0.4 is 10.2 Å². The summed E-state index contributed by atoms with van der Waals surface area (Å²) in [6, 6.07) is 0.576. The van der Waals surface area contributed by atoms with Crippen molar-refractivity contribution in [2.45, 2.75) is 26.3 Å². The van der Waals surface area contributed by atoms with Gasteiger partial charge < -0.3 is 19.9 Å². The second-order valence-electron chi connectivity index (χ2n) is 6.82. The van der Waals surface area contributed by atoms with Gasteiger partial charge in [0, 0.05) is 44.6 Å². The molecule has 24 heavy (non-hydrogen) atoms. The molecule has 2 saturated heterocycles. The van der Waals surface area contributed by atoms with Crippen molar-refractivity contribution in [3.63, 3.8) is 0 Å². The summed E-state index contributed by atoms with van der Waals surface area (Å²) in [5.74, 6) is 1.11. The van der Waals surface area contributed by atoms with E-state index in [0.29, 0.717) is 43.2 Å². The molecule has 7 heteroatoms. The molecule has 0 spiro atoms. The third-order valence-electron chi connectivity index (χ3n) is 4.79. The van der Waals surface area contributed by atoms with Crippen LogP contribution >= 0.6 is 0 Å². The van der Waals surface area contributed by atoms with Crippen LogP contribution in [-0.2, 0) is 4.74 Å². The van der Waals surface area contributed by atoms with Gasteiger partial charge >= 0.3 is 0 Å². The van der Waals surface area contributed by atoms with Gasteiger partial charge in [0.05, 0.1) is 18.8 Å². The third-order valence-corrected chi connectivity index (χ3v) is 4.79. The highest BCUT2D eigenvalue weighted by Crippen LogP contribution is 2.17. The zero-order valence-electron chi connectivity index (χ0n) is 14.6. The van der Waals surface area contributed by atoms with Gasteiger partial charge in [0.15, 0.2) is 0 Å². The van der Waals surface area contributed by atoms with Gasteiger partial charge in [-0.25, -0.2) is 9.97 Å². The van der Waals surface area contributed by atoms with E-state index in [0.717, 1.165) is 32.6 Å². The molecule has 1 aromatic heterocycles. The van der Waals surface area contributed by atoms with Crippen LogP contribution in [0.15, 0.2) is 12.4 Å². The van der Waals surface area contributed by atoms with Gasteiger partial charge in [0.25, 0.3) is 5.91 Å².